The molecule has 0 amide bonds. The van der Waals surface area contributed by atoms with Crippen LogP contribution in [0.15, 0.2) is 30.3 Å². The van der Waals surface area contributed by atoms with Crippen LogP contribution >= 0.6 is 0 Å². The molecule has 1 aromatic carbocycles. The third kappa shape index (κ3) is 2.68. The fourth-order valence-corrected chi connectivity index (χ4v) is 2.99. The topological polar surface area (TPSA) is 55.5 Å². The van der Waals surface area contributed by atoms with E-state index in [4.69, 9.17) is 9.84 Å². The Kier molecular flexibility index (Phi) is 3.59. The van der Waals surface area contributed by atoms with Gasteiger partial charge in [-0.1, -0.05) is 12.1 Å². The minimum atomic E-state index is 0.525. The van der Waals surface area contributed by atoms with Crippen molar-refractivity contribution in [3.8, 4) is 5.75 Å². The number of nitrogens with zero attached hydrogens (tertiary/aromatic N) is 5. The first-order valence-corrected chi connectivity index (χ1v) is 8.22. The van der Waals surface area contributed by atoms with Crippen molar-refractivity contribution in [1.29, 1.82) is 0 Å². The number of fused-ring (bicyclic) bond motifs is 1. The summed E-state index contributed by atoms with van der Waals surface area (Å²) in [6.45, 7) is 2.84. The van der Waals surface area contributed by atoms with Gasteiger partial charge in [-0.2, -0.15) is 4.52 Å². The molecule has 0 saturated heterocycles. The Labute approximate surface area is 141 Å². The molecule has 24 heavy (non-hydrogen) atoms. The van der Waals surface area contributed by atoms with Crippen molar-refractivity contribution in [2.75, 3.05) is 19.1 Å². The Hall–Kier alpha value is -2.63. The van der Waals surface area contributed by atoms with E-state index in [0.29, 0.717) is 5.92 Å². The maximum atomic E-state index is 5.33. The van der Waals surface area contributed by atoms with Gasteiger partial charge in [0.2, 0.25) is 0 Å². The lowest BCUT2D eigenvalue weighted by atomic mass is 10.1. The molecular weight excluding hydrogens is 302 g/mol. The molecule has 0 N–H and O–H groups in total. The molecule has 0 atom stereocenters. The zero-order chi connectivity index (χ0) is 16.7. The van der Waals surface area contributed by atoms with Gasteiger partial charge in [-0.25, -0.2) is 0 Å². The summed E-state index contributed by atoms with van der Waals surface area (Å²) < 4.78 is 7.22. The molecule has 3 aromatic rings. The Morgan fingerprint density at radius 1 is 1.21 bits per heavy atom. The number of rotatable bonds is 5. The molecular formula is C18H21N5O. The van der Waals surface area contributed by atoms with Crippen molar-refractivity contribution in [2.45, 2.75) is 32.2 Å². The second kappa shape index (κ2) is 5.78. The van der Waals surface area contributed by atoms with Crippen molar-refractivity contribution < 1.29 is 4.74 Å². The molecule has 0 aliphatic heterocycles. The van der Waals surface area contributed by atoms with Crippen molar-refractivity contribution in [1.82, 2.24) is 19.8 Å². The van der Waals surface area contributed by atoms with Crippen LogP contribution in [0.5, 0.6) is 5.75 Å². The maximum absolute atomic E-state index is 5.33. The molecule has 1 saturated carbocycles. The van der Waals surface area contributed by atoms with Crippen LogP contribution in [0.1, 0.15) is 35.7 Å². The zero-order valence-corrected chi connectivity index (χ0v) is 14.2. The van der Waals surface area contributed by atoms with Gasteiger partial charge in [0.1, 0.15) is 11.6 Å². The number of benzene rings is 1. The van der Waals surface area contributed by atoms with Gasteiger partial charge in [-0.15, -0.1) is 15.3 Å². The third-order valence-electron chi connectivity index (χ3n) is 4.49. The largest absolute Gasteiger partial charge is 0.496 e. The third-order valence-corrected chi connectivity index (χ3v) is 4.49. The summed E-state index contributed by atoms with van der Waals surface area (Å²) in [4.78, 5) is 2.14. The maximum Gasteiger partial charge on any atom is 0.178 e. The highest BCUT2D eigenvalue weighted by atomic mass is 16.5. The van der Waals surface area contributed by atoms with Gasteiger partial charge in [0.25, 0.3) is 0 Å². The molecule has 1 aliphatic rings. The lowest BCUT2D eigenvalue weighted by Crippen LogP contribution is -2.19. The first-order chi connectivity index (χ1) is 11.7. The molecule has 2 aromatic heterocycles. The predicted molar refractivity (Wildman–Crippen MR) is 92.6 cm³/mol. The number of anilines is 1. The van der Waals surface area contributed by atoms with Gasteiger partial charge >= 0.3 is 0 Å². The van der Waals surface area contributed by atoms with Crippen LogP contribution in [0.3, 0.4) is 0 Å². The minimum absolute atomic E-state index is 0.525. The number of aromatic nitrogens is 4. The summed E-state index contributed by atoms with van der Waals surface area (Å²) in [6.07, 6.45) is 2.38. The van der Waals surface area contributed by atoms with Gasteiger partial charge in [0.15, 0.2) is 11.5 Å². The second-order valence-corrected chi connectivity index (χ2v) is 6.45. The lowest BCUT2D eigenvalue weighted by Gasteiger charge is -2.19. The number of hydrogen-bond acceptors (Lipinski definition) is 5. The molecule has 0 bridgehead atoms. The monoisotopic (exact) mass is 323 g/mol. The van der Waals surface area contributed by atoms with E-state index in [-0.39, 0.29) is 0 Å². The van der Waals surface area contributed by atoms with E-state index in [9.17, 15) is 0 Å². The van der Waals surface area contributed by atoms with Crippen LogP contribution in [-0.4, -0.2) is 34.0 Å². The standard InChI is InChI=1S/C18H21N5O/c1-12-10-13(4-7-15(12)24-3)11-22(2)17-9-8-16-19-20-18(14-5-6-14)23(16)21-17/h4,7-10,14H,5-6,11H2,1-3H3. The van der Waals surface area contributed by atoms with Gasteiger partial charge in [0.05, 0.1) is 7.11 Å². The summed E-state index contributed by atoms with van der Waals surface area (Å²) in [7, 11) is 3.75. The number of methoxy groups -OCH3 is 1. The Morgan fingerprint density at radius 2 is 2.04 bits per heavy atom. The van der Waals surface area contributed by atoms with Crippen molar-refractivity contribution in [3.63, 3.8) is 0 Å². The van der Waals surface area contributed by atoms with Gasteiger partial charge in [-0.3, -0.25) is 0 Å². The van der Waals surface area contributed by atoms with Crippen LogP contribution in [0, 0.1) is 6.92 Å². The van der Waals surface area contributed by atoms with E-state index in [1.54, 1.807) is 7.11 Å². The van der Waals surface area contributed by atoms with E-state index in [0.717, 1.165) is 35.1 Å². The van der Waals surface area contributed by atoms with Gasteiger partial charge in [0, 0.05) is 19.5 Å². The first kappa shape index (κ1) is 14.9. The highest BCUT2D eigenvalue weighted by Crippen LogP contribution is 2.38. The normalized spacial score (nSPS) is 14.1. The second-order valence-electron chi connectivity index (χ2n) is 6.45. The first-order valence-electron chi connectivity index (χ1n) is 8.22. The highest BCUT2D eigenvalue weighted by Gasteiger charge is 2.29. The Bertz CT molecular complexity index is 884. The molecule has 1 aliphatic carbocycles. The zero-order valence-electron chi connectivity index (χ0n) is 14.2. The number of ether oxygens (including phenoxy) is 1. The molecule has 2 heterocycles. The summed E-state index contributed by atoms with van der Waals surface area (Å²) in [6, 6.07) is 10.2. The molecule has 124 valence electrons. The fourth-order valence-electron chi connectivity index (χ4n) is 2.99. The summed E-state index contributed by atoms with van der Waals surface area (Å²) in [5, 5.41) is 13.2. The molecule has 0 spiro atoms. The van der Waals surface area contributed by atoms with Gasteiger partial charge < -0.3 is 9.64 Å². The number of hydrogen-bond donors (Lipinski definition) is 0. The SMILES string of the molecule is COc1ccc(CN(C)c2ccc3nnc(C4CC4)n3n2)cc1C. The molecule has 0 unspecified atom stereocenters. The predicted octanol–water partition coefficient (Wildman–Crippen LogP) is 2.96. The van der Waals surface area contributed by atoms with Crippen molar-refractivity contribution in [3.05, 3.63) is 47.3 Å². The smallest absolute Gasteiger partial charge is 0.178 e. The Morgan fingerprint density at radius 3 is 2.75 bits per heavy atom. The summed E-state index contributed by atoms with van der Waals surface area (Å²) in [5.74, 6) is 3.34. The molecule has 0 radical (unpaired) electrons. The average molecular weight is 323 g/mol. The quantitative estimate of drug-likeness (QED) is 0.722. The fraction of sp³-hybridized carbons (Fsp3) is 0.389. The molecule has 6 nitrogen and oxygen atoms in total. The van der Waals surface area contributed by atoms with Crippen LogP contribution in [-0.2, 0) is 6.54 Å². The van der Waals surface area contributed by atoms with Gasteiger partial charge in [-0.05, 0) is 49.1 Å². The summed E-state index contributed by atoms with van der Waals surface area (Å²) in [5.41, 5.74) is 3.18. The van der Waals surface area contributed by atoms with Crippen LogP contribution < -0.4 is 9.64 Å². The molecule has 4 rings (SSSR count). The van der Waals surface area contributed by atoms with Crippen LogP contribution in [0.4, 0.5) is 5.82 Å². The minimum Gasteiger partial charge on any atom is -0.496 e. The van der Waals surface area contributed by atoms with Crippen molar-refractivity contribution >= 4 is 11.5 Å². The average Bonchev–Trinajstić information content (AvgIpc) is 3.34. The van der Waals surface area contributed by atoms with E-state index in [1.807, 2.05) is 22.7 Å². The van der Waals surface area contributed by atoms with E-state index >= 15 is 0 Å². The van der Waals surface area contributed by atoms with Crippen molar-refractivity contribution in [2.24, 2.45) is 0 Å². The summed E-state index contributed by atoms with van der Waals surface area (Å²) >= 11 is 0. The van der Waals surface area contributed by atoms with E-state index < -0.39 is 0 Å². The van der Waals surface area contributed by atoms with Crippen LogP contribution in [0.2, 0.25) is 0 Å². The Balaban J connectivity index is 1.59. The molecule has 1 fully saturated rings. The highest BCUT2D eigenvalue weighted by molar-refractivity contribution is 5.47. The number of aryl methyl sites for hydroxylation is 1. The molecule has 6 heteroatoms. The lowest BCUT2D eigenvalue weighted by molar-refractivity contribution is 0.411. The van der Waals surface area contributed by atoms with E-state index in [1.165, 1.54) is 18.4 Å². The van der Waals surface area contributed by atoms with Crippen LogP contribution in [0.25, 0.3) is 5.65 Å². The van der Waals surface area contributed by atoms with E-state index in [2.05, 4.69) is 41.2 Å².